The van der Waals surface area contributed by atoms with Crippen molar-refractivity contribution < 1.29 is 9.53 Å². The SMILES string of the molecule is CCc1nsc(N2CCN(C(=O)COC3CCN(C)CC3)CC2)n1. The Morgan fingerprint density at radius 3 is 2.54 bits per heavy atom. The van der Waals surface area contributed by atoms with E-state index in [1.807, 2.05) is 4.90 Å². The lowest BCUT2D eigenvalue weighted by Crippen LogP contribution is -2.50. The Morgan fingerprint density at radius 2 is 1.92 bits per heavy atom. The number of carbonyl (C=O) groups is 1. The van der Waals surface area contributed by atoms with Gasteiger partial charge in [0, 0.05) is 57.2 Å². The minimum atomic E-state index is 0.111. The van der Waals surface area contributed by atoms with E-state index in [0.717, 1.165) is 69.5 Å². The molecule has 0 unspecified atom stereocenters. The van der Waals surface area contributed by atoms with Crippen molar-refractivity contribution >= 4 is 22.6 Å². The van der Waals surface area contributed by atoms with Gasteiger partial charge in [-0.3, -0.25) is 4.79 Å². The van der Waals surface area contributed by atoms with E-state index in [9.17, 15) is 4.79 Å². The molecule has 2 aliphatic rings. The van der Waals surface area contributed by atoms with Crippen LogP contribution in [0, 0.1) is 0 Å². The van der Waals surface area contributed by atoms with Gasteiger partial charge in [-0.1, -0.05) is 6.92 Å². The van der Waals surface area contributed by atoms with Gasteiger partial charge in [-0.2, -0.15) is 4.37 Å². The highest BCUT2D eigenvalue weighted by Gasteiger charge is 2.24. The van der Waals surface area contributed by atoms with E-state index in [2.05, 4.69) is 33.1 Å². The van der Waals surface area contributed by atoms with Crippen LogP contribution < -0.4 is 4.90 Å². The summed E-state index contributed by atoms with van der Waals surface area (Å²) in [6.45, 7) is 7.49. The Kier molecular flexibility index (Phi) is 6.02. The Bertz CT molecular complexity index is 536. The third-order valence-electron chi connectivity index (χ3n) is 4.78. The summed E-state index contributed by atoms with van der Waals surface area (Å²) < 4.78 is 10.2. The molecular weight excluding hydrogens is 326 g/mol. The first kappa shape index (κ1) is 17.6. The number of amides is 1. The zero-order valence-electron chi connectivity index (χ0n) is 14.6. The van der Waals surface area contributed by atoms with Gasteiger partial charge >= 0.3 is 0 Å². The van der Waals surface area contributed by atoms with Crippen LogP contribution in [-0.2, 0) is 16.0 Å². The van der Waals surface area contributed by atoms with Crippen LogP contribution in [0.4, 0.5) is 5.13 Å². The molecule has 7 nitrogen and oxygen atoms in total. The first-order valence-electron chi connectivity index (χ1n) is 8.81. The molecule has 1 amide bonds. The lowest BCUT2D eigenvalue weighted by Gasteiger charge is -2.35. The number of piperidine rings is 1. The third-order valence-corrected chi connectivity index (χ3v) is 5.60. The molecule has 3 rings (SSSR count). The van der Waals surface area contributed by atoms with E-state index in [-0.39, 0.29) is 18.6 Å². The summed E-state index contributed by atoms with van der Waals surface area (Å²) >= 11 is 1.45. The van der Waals surface area contributed by atoms with Crippen LogP contribution in [0.3, 0.4) is 0 Å². The van der Waals surface area contributed by atoms with Crippen LogP contribution >= 0.6 is 11.5 Å². The molecule has 1 aromatic heterocycles. The fourth-order valence-electron chi connectivity index (χ4n) is 3.10. The molecule has 0 atom stereocenters. The predicted molar refractivity (Wildman–Crippen MR) is 94.6 cm³/mol. The van der Waals surface area contributed by atoms with Gasteiger partial charge in [-0.15, -0.1) is 0 Å². The molecular formula is C16H27N5O2S. The number of aromatic nitrogens is 2. The molecule has 134 valence electrons. The number of piperazine rings is 1. The molecule has 0 radical (unpaired) electrons. The molecule has 0 N–H and O–H groups in total. The number of hydrogen-bond acceptors (Lipinski definition) is 7. The van der Waals surface area contributed by atoms with Crippen molar-refractivity contribution in [2.75, 3.05) is 57.8 Å². The average molecular weight is 353 g/mol. The van der Waals surface area contributed by atoms with Crippen LogP contribution in [-0.4, -0.2) is 84.1 Å². The van der Waals surface area contributed by atoms with E-state index in [0.29, 0.717) is 0 Å². The van der Waals surface area contributed by atoms with Gasteiger partial charge in [0.2, 0.25) is 11.0 Å². The summed E-state index contributed by atoms with van der Waals surface area (Å²) in [5.74, 6) is 1.01. The molecule has 0 saturated carbocycles. The zero-order chi connectivity index (χ0) is 16.9. The first-order valence-corrected chi connectivity index (χ1v) is 9.58. The fraction of sp³-hybridized carbons (Fsp3) is 0.812. The summed E-state index contributed by atoms with van der Waals surface area (Å²) in [6, 6.07) is 0. The van der Waals surface area contributed by atoms with Crippen LogP contribution in [0.2, 0.25) is 0 Å². The van der Waals surface area contributed by atoms with Gasteiger partial charge in [0.15, 0.2) is 0 Å². The quantitative estimate of drug-likeness (QED) is 0.782. The second-order valence-electron chi connectivity index (χ2n) is 6.53. The Balaban J connectivity index is 1.40. The molecule has 1 aromatic rings. The van der Waals surface area contributed by atoms with Gasteiger partial charge in [0.25, 0.3) is 0 Å². The lowest BCUT2D eigenvalue weighted by molar-refractivity contribution is -0.139. The maximum absolute atomic E-state index is 12.3. The Labute approximate surface area is 147 Å². The van der Waals surface area contributed by atoms with E-state index < -0.39 is 0 Å². The van der Waals surface area contributed by atoms with Crippen molar-refractivity contribution in [2.24, 2.45) is 0 Å². The molecule has 24 heavy (non-hydrogen) atoms. The number of nitrogens with zero attached hydrogens (tertiary/aromatic N) is 5. The minimum absolute atomic E-state index is 0.111. The van der Waals surface area contributed by atoms with Crippen molar-refractivity contribution in [3.8, 4) is 0 Å². The summed E-state index contributed by atoms with van der Waals surface area (Å²) in [4.78, 5) is 23.3. The summed E-state index contributed by atoms with van der Waals surface area (Å²) in [5.41, 5.74) is 0. The van der Waals surface area contributed by atoms with Crippen molar-refractivity contribution in [2.45, 2.75) is 32.3 Å². The van der Waals surface area contributed by atoms with E-state index in [1.54, 1.807) is 0 Å². The number of carbonyl (C=O) groups excluding carboxylic acids is 1. The molecule has 0 aromatic carbocycles. The summed E-state index contributed by atoms with van der Waals surface area (Å²) in [7, 11) is 2.13. The van der Waals surface area contributed by atoms with E-state index >= 15 is 0 Å². The zero-order valence-corrected chi connectivity index (χ0v) is 15.4. The number of anilines is 1. The largest absolute Gasteiger partial charge is 0.368 e. The highest BCUT2D eigenvalue weighted by atomic mass is 32.1. The van der Waals surface area contributed by atoms with E-state index in [4.69, 9.17) is 4.74 Å². The fourth-order valence-corrected chi connectivity index (χ4v) is 3.90. The van der Waals surface area contributed by atoms with Crippen LogP contribution in [0.5, 0.6) is 0 Å². The smallest absolute Gasteiger partial charge is 0.248 e. The number of aryl methyl sites for hydroxylation is 1. The monoisotopic (exact) mass is 353 g/mol. The standard InChI is InChI=1S/C16H27N5O2S/c1-3-14-17-16(24-18-14)21-10-8-20(9-11-21)15(22)12-23-13-4-6-19(2)7-5-13/h13H,3-12H2,1-2H3. The van der Waals surface area contributed by atoms with Crippen molar-refractivity contribution in [1.29, 1.82) is 0 Å². The normalized spacial score (nSPS) is 20.6. The van der Waals surface area contributed by atoms with Gasteiger partial charge in [-0.05, 0) is 19.9 Å². The highest BCUT2D eigenvalue weighted by Crippen LogP contribution is 2.19. The number of rotatable bonds is 5. The highest BCUT2D eigenvalue weighted by molar-refractivity contribution is 7.09. The van der Waals surface area contributed by atoms with Crippen LogP contribution in [0.15, 0.2) is 0 Å². The van der Waals surface area contributed by atoms with E-state index in [1.165, 1.54) is 11.5 Å². The molecule has 0 bridgehead atoms. The molecule has 0 spiro atoms. The first-order chi connectivity index (χ1) is 11.7. The Hall–Kier alpha value is -1.25. The molecule has 8 heteroatoms. The second kappa shape index (κ2) is 8.22. The number of likely N-dealkylation sites (tertiary alicyclic amines) is 1. The van der Waals surface area contributed by atoms with Crippen LogP contribution in [0.25, 0.3) is 0 Å². The van der Waals surface area contributed by atoms with Crippen LogP contribution in [0.1, 0.15) is 25.6 Å². The maximum Gasteiger partial charge on any atom is 0.248 e. The lowest BCUT2D eigenvalue weighted by atomic mass is 10.1. The molecule has 2 fully saturated rings. The number of hydrogen-bond donors (Lipinski definition) is 0. The summed E-state index contributed by atoms with van der Waals surface area (Å²) in [6.07, 6.45) is 3.15. The molecule has 2 aliphatic heterocycles. The molecule has 0 aliphatic carbocycles. The van der Waals surface area contributed by atoms with Crippen molar-refractivity contribution in [3.63, 3.8) is 0 Å². The van der Waals surface area contributed by atoms with Gasteiger partial charge < -0.3 is 19.4 Å². The molecule has 3 heterocycles. The minimum Gasteiger partial charge on any atom is -0.368 e. The average Bonchev–Trinajstić information content (AvgIpc) is 3.10. The summed E-state index contributed by atoms with van der Waals surface area (Å²) in [5, 5.41) is 0.974. The second-order valence-corrected chi connectivity index (χ2v) is 7.26. The van der Waals surface area contributed by atoms with Gasteiger partial charge in [-0.25, -0.2) is 4.98 Å². The Morgan fingerprint density at radius 1 is 1.21 bits per heavy atom. The third kappa shape index (κ3) is 4.43. The number of ether oxygens (including phenoxy) is 1. The van der Waals surface area contributed by atoms with Gasteiger partial charge in [0.05, 0.1) is 6.10 Å². The maximum atomic E-state index is 12.3. The molecule has 2 saturated heterocycles. The predicted octanol–water partition coefficient (Wildman–Crippen LogP) is 0.860. The van der Waals surface area contributed by atoms with Gasteiger partial charge in [0.1, 0.15) is 12.4 Å². The van der Waals surface area contributed by atoms with Crippen molar-refractivity contribution in [1.82, 2.24) is 19.2 Å². The van der Waals surface area contributed by atoms with Crippen molar-refractivity contribution in [3.05, 3.63) is 5.82 Å². The topological polar surface area (TPSA) is 61.8 Å².